The molecule has 0 saturated carbocycles. The van der Waals surface area contributed by atoms with Gasteiger partial charge in [-0.3, -0.25) is 19.2 Å². The molecule has 0 bridgehead atoms. The van der Waals surface area contributed by atoms with E-state index in [9.17, 15) is 24.0 Å². The number of halogens is 2. The van der Waals surface area contributed by atoms with Gasteiger partial charge in [0.1, 0.15) is 12.1 Å². The average molecular weight is 584 g/mol. The average Bonchev–Trinajstić information content (AvgIpc) is 3.53. The minimum atomic E-state index is -1.14. The molecule has 0 radical (unpaired) electrons. The lowest BCUT2D eigenvalue weighted by molar-refractivity contribution is -0.136. The van der Waals surface area contributed by atoms with Crippen molar-refractivity contribution in [2.45, 2.75) is 71.1 Å². The van der Waals surface area contributed by atoms with E-state index in [4.69, 9.17) is 32.7 Å². The van der Waals surface area contributed by atoms with Gasteiger partial charge < -0.3 is 25.4 Å². The van der Waals surface area contributed by atoms with Crippen molar-refractivity contribution in [3.05, 3.63) is 33.8 Å². The molecule has 2 heterocycles. The fourth-order valence-electron chi connectivity index (χ4n) is 4.57. The molecule has 2 aliphatic heterocycles. The SMILES string of the molecule is CC(C)(C)C[C@H](NC(=O)[C@H]1CCCO1)C(=O)N[C@@H](C[C@@H]1CCNC1=O)C(=O)COC(=O)c1c(Cl)cccc1Cl. The van der Waals surface area contributed by atoms with Crippen molar-refractivity contribution < 1.29 is 33.4 Å². The molecule has 10 nitrogen and oxygen atoms in total. The predicted octanol–water partition coefficient (Wildman–Crippen LogP) is 2.83. The van der Waals surface area contributed by atoms with Crippen LogP contribution in [-0.4, -0.2) is 67.4 Å². The number of carbonyl (C=O) groups is 5. The van der Waals surface area contributed by atoms with Gasteiger partial charge in [-0.2, -0.15) is 0 Å². The molecule has 39 heavy (non-hydrogen) atoms. The molecule has 214 valence electrons. The first-order valence-electron chi connectivity index (χ1n) is 13.0. The van der Waals surface area contributed by atoms with Crippen molar-refractivity contribution in [2.75, 3.05) is 19.8 Å². The molecule has 1 aromatic carbocycles. The van der Waals surface area contributed by atoms with Crippen LogP contribution < -0.4 is 16.0 Å². The van der Waals surface area contributed by atoms with Crippen LogP contribution in [0, 0.1) is 11.3 Å². The third-order valence-corrected chi connectivity index (χ3v) is 7.20. The second-order valence-electron chi connectivity index (χ2n) is 11.0. The van der Waals surface area contributed by atoms with Crippen LogP contribution in [0.3, 0.4) is 0 Å². The van der Waals surface area contributed by atoms with E-state index in [-0.39, 0.29) is 39.3 Å². The molecule has 0 aromatic heterocycles. The third-order valence-electron chi connectivity index (χ3n) is 6.57. The van der Waals surface area contributed by atoms with E-state index in [1.165, 1.54) is 12.1 Å². The van der Waals surface area contributed by atoms with Crippen LogP contribution in [0.2, 0.25) is 10.0 Å². The number of rotatable bonds is 11. The minimum absolute atomic E-state index is 0.0166. The minimum Gasteiger partial charge on any atom is -0.454 e. The molecule has 2 aliphatic rings. The zero-order valence-corrected chi connectivity index (χ0v) is 23.8. The normalized spacial score (nSPS) is 20.6. The van der Waals surface area contributed by atoms with Crippen LogP contribution in [0.5, 0.6) is 0 Å². The van der Waals surface area contributed by atoms with Crippen molar-refractivity contribution in [1.82, 2.24) is 16.0 Å². The molecule has 0 aliphatic carbocycles. The van der Waals surface area contributed by atoms with E-state index in [0.717, 1.165) is 6.42 Å². The van der Waals surface area contributed by atoms with Crippen molar-refractivity contribution >= 4 is 52.7 Å². The topological polar surface area (TPSA) is 140 Å². The van der Waals surface area contributed by atoms with Crippen molar-refractivity contribution in [3.8, 4) is 0 Å². The molecule has 3 amide bonds. The van der Waals surface area contributed by atoms with E-state index in [2.05, 4.69) is 16.0 Å². The second kappa shape index (κ2) is 13.6. The van der Waals surface area contributed by atoms with Crippen LogP contribution >= 0.6 is 23.2 Å². The van der Waals surface area contributed by atoms with E-state index in [0.29, 0.717) is 32.4 Å². The van der Waals surface area contributed by atoms with Gasteiger partial charge in [0.05, 0.1) is 21.7 Å². The molecule has 0 unspecified atom stereocenters. The number of ether oxygens (including phenoxy) is 2. The first kappa shape index (κ1) is 30.8. The van der Waals surface area contributed by atoms with Crippen LogP contribution in [-0.2, 0) is 28.7 Å². The summed E-state index contributed by atoms with van der Waals surface area (Å²) in [5.41, 5.74) is -0.410. The molecular formula is C27H35Cl2N3O7. The van der Waals surface area contributed by atoms with Gasteiger partial charge in [0.25, 0.3) is 0 Å². The molecule has 3 N–H and O–H groups in total. The third kappa shape index (κ3) is 8.91. The molecule has 2 saturated heterocycles. The van der Waals surface area contributed by atoms with Gasteiger partial charge in [-0.25, -0.2) is 4.79 Å². The number of Topliss-reactive ketones (excluding diaryl/α,β-unsaturated/α-hetero) is 1. The molecule has 3 rings (SSSR count). The Morgan fingerprint density at radius 3 is 2.36 bits per heavy atom. The Labute approximate surface area is 237 Å². The molecule has 2 fully saturated rings. The number of amides is 3. The van der Waals surface area contributed by atoms with Crippen molar-refractivity contribution in [1.29, 1.82) is 0 Å². The summed E-state index contributed by atoms with van der Waals surface area (Å²) in [6.45, 7) is 6.05. The van der Waals surface area contributed by atoms with Gasteiger partial charge in [0, 0.05) is 19.1 Å². The maximum absolute atomic E-state index is 13.4. The molecule has 12 heteroatoms. The standard InChI is InChI=1S/C27H35Cl2N3O7/c1-27(2,3)13-19(32-25(36)21-8-5-11-38-21)24(35)31-18(12-15-9-10-30-23(15)34)20(33)14-39-26(37)22-16(28)6-4-7-17(22)29/h4,6-7,15,18-19,21H,5,8-14H2,1-3H3,(H,30,34)(H,31,35)(H,32,36)/t15-,18-,19-,21+/m0/s1. The molecular weight excluding hydrogens is 549 g/mol. The van der Waals surface area contributed by atoms with Gasteiger partial charge in [-0.1, -0.05) is 50.0 Å². The van der Waals surface area contributed by atoms with E-state index in [1.807, 2.05) is 20.8 Å². The van der Waals surface area contributed by atoms with Crippen LogP contribution in [0.1, 0.15) is 63.2 Å². The summed E-state index contributed by atoms with van der Waals surface area (Å²) < 4.78 is 10.6. The smallest absolute Gasteiger partial charge is 0.341 e. The summed E-state index contributed by atoms with van der Waals surface area (Å²) in [4.78, 5) is 64.2. The lowest BCUT2D eigenvalue weighted by Gasteiger charge is -2.29. The van der Waals surface area contributed by atoms with E-state index < -0.39 is 48.4 Å². The zero-order chi connectivity index (χ0) is 28.7. The fourth-order valence-corrected chi connectivity index (χ4v) is 5.12. The second-order valence-corrected chi connectivity index (χ2v) is 11.9. The Hall–Kier alpha value is -2.69. The Balaban J connectivity index is 1.73. The number of ketones is 1. The number of esters is 1. The Morgan fingerprint density at radius 2 is 1.79 bits per heavy atom. The predicted molar refractivity (Wildman–Crippen MR) is 144 cm³/mol. The van der Waals surface area contributed by atoms with Crippen molar-refractivity contribution in [3.63, 3.8) is 0 Å². The summed E-state index contributed by atoms with van der Waals surface area (Å²) in [5, 5.41) is 8.32. The summed E-state index contributed by atoms with van der Waals surface area (Å²) in [7, 11) is 0. The quantitative estimate of drug-likeness (QED) is 0.340. The summed E-state index contributed by atoms with van der Waals surface area (Å²) in [6, 6.07) is 2.42. The summed E-state index contributed by atoms with van der Waals surface area (Å²) in [6.07, 6.45) is 1.50. The van der Waals surface area contributed by atoms with Gasteiger partial charge in [-0.15, -0.1) is 0 Å². The summed E-state index contributed by atoms with van der Waals surface area (Å²) in [5.74, 6) is -3.19. The number of hydrogen-bond acceptors (Lipinski definition) is 7. The highest BCUT2D eigenvalue weighted by molar-refractivity contribution is 6.39. The van der Waals surface area contributed by atoms with Gasteiger partial charge in [0.15, 0.2) is 12.4 Å². The highest BCUT2D eigenvalue weighted by Crippen LogP contribution is 2.26. The van der Waals surface area contributed by atoms with Crippen LogP contribution in [0.15, 0.2) is 18.2 Å². The van der Waals surface area contributed by atoms with Crippen LogP contribution in [0.25, 0.3) is 0 Å². The lowest BCUT2D eigenvalue weighted by Crippen LogP contribution is -2.55. The fraction of sp³-hybridized carbons (Fsp3) is 0.593. The lowest BCUT2D eigenvalue weighted by atomic mass is 9.87. The monoisotopic (exact) mass is 583 g/mol. The van der Waals surface area contributed by atoms with Crippen LogP contribution in [0.4, 0.5) is 0 Å². The van der Waals surface area contributed by atoms with E-state index in [1.54, 1.807) is 6.07 Å². The Kier molecular flexibility index (Phi) is 10.7. The number of nitrogens with one attached hydrogen (secondary N) is 3. The van der Waals surface area contributed by atoms with Gasteiger partial charge >= 0.3 is 5.97 Å². The Morgan fingerprint density at radius 1 is 1.10 bits per heavy atom. The first-order chi connectivity index (χ1) is 18.4. The van der Waals surface area contributed by atoms with Gasteiger partial charge in [0.2, 0.25) is 17.7 Å². The highest BCUT2D eigenvalue weighted by atomic mass is 35.5. The zero-order valence-electron chi connectivity index (χ0n) is 22.3. The van der Waals surface area contributed by atoms with Gasteiger partial charge in [-0.05, 0) is 49.7 Å². The molecule has 0 spiro atoms. The van der Waals surface area contributed by atoms with Crippen molar-refractivity contribution in [2.24, 2.45) is 11.3 Å². The maximum atomic E-state index is 13.4. The number of carbonyl (C=O) groups excluding carboxylic acids is 5. The Bertz CT molecular complexity index is 1080. The number of benzene rings is 1. The first-order valence-corrected chi connectivity index (χ1v) is 13.7. The largest absolute Gasteiger partial charge is 0.454 e. The number of hydrogen-bond donors (Lipinski definition) is 3. The maximum Gasteiger partial charge on any atom is 0.341 e. The molecule has 4 atom stereocenters. The highest BCUT2D eigenvalue weighted by Gasteiger charge is 2.36. The summed E-state index contributed by atoms with van der Waals surface area (Å²) >= 11 is 12.1. The molecule has 1 aromatic rings. The van der Waals surface area contributed by atoms with E-state index >= 15 is 0 Å².